The normalized spacial score (nSPS) is 20.2. The second-order valence-electron chi connectivity index (χ2n) is 7.10. The number of ether oxygens (including phenoxy) is 1. The monoisotopic (exact) mass is 347 g/mol. The largest absolute Gasteiger partial charge is 0.491 e. The van der Waals surface area contributed by atoms with Crippen molar-refractivity contribution in [1.29, 1.82) is 0 Å². The molecule has 1 aliphatic carbocycles. The van der Waals surface area contributed by atoms with Crippen molar-refractivity contribution >= 4 is 5.91 Å². The number of benzene rings is 1. The van der Waals surface area contributed by atoms with E-state index in [0.717, 1.165) is 44.4 Å². The Morgan fingerprint density at radius 3 is 2.52 bits per heavy atom. The van der Waals surface area contributed by atoms with Crippen molar-refractivity contribution in [2.24, 2.45) is 5.92 Å². The summed E-state index contributed by atoms with van der Waals surface area (Å²) in [6.45, 7) is 5.71. The minimum atomic E-state index is -0.506. The van der Waals surface area contributed by atoms with Gasteiger partial charge in [-0.3, -0.25) is 14.6 Å². The van der Waals surface area contributed by atoms with E-state index in [1.54, 1.807) is 0 Å². The number of aliphatic hydroxyl groups excluding tert-OH is 1. The summed E-state index contributed by atoms with van der Waals surface area (Å²) in [7, 11) is 0. The topological polar surface area (TPSA) is 65.0 Å². The highest BCUT2D eigenvalue weighted by Crippen LogP contribution is 2.27. The zero-order chi connectivity index (χ0) is 17.5. The van der Waals surface area contributed by atoms with Gasteiger partial charge in [0.25, 0.3) is 0 Å². The first-order valence-electron chi connectivity index (χ1n) is 9.26. The van der Waals surface area contributed by atoms with Crippen molar-refractivity contribution in [3.05, 3.63) is 30.3 Å². The number of piperazine rings is 1. The number of carbonyl (C=O) groups excluding carboxylic acids is 1. The van der Waals surface area contributed by atoms with Crippen LogP contribution in [0.1, 0.15) is 12.8 Å². The number of nitrogens with zero attached hydrogens (tertiary/aromatic N) is 2. The number of hydrogen-bond donors (Lipinski definition) is 2. The summed E-state index contributed by atoms with van der Waals surface area (Å²) in [6, 6.07) is 9.55. The zero-order valence-corrected chi connectivity index (χ0v) is 14.8. The van der Waals surface area contributed by atoms with Crippen LogP contribution in [0, 0.1) is 5.92 Å². The molecule has 1 saturated heterocycles. The molecule has 1 heterocycles. The van der Waals surface area contributed by atoms with Crippen LogP contribution in [-0.2, 0) is 4.79 Å². The molecule has 0 spiro atoms. The molecular weight excluding hydrogens is 318 g/mol. The van der Waals surface area contributed by atoms with Gasteiger partial charge in [-0.1, -0.05) is 18.2 Å². The highest BCUT2D eigenvalue weighted by molar-refractivity contribution is 5.78. The van der Waals surface area contributed by atoms with Crippen LogP contribution < -0.4 is 10.1 Å². The molecule has 0 radical (unpaired) electrons. The van der Waals surface area contributed by atoms with E-state index < -0.39 is 6.10 Å². The van der Waals surface area contributed by atoms with Crippen LogP contribution in [-0.4, -0.2) is 79.3 Å². The quantitative estimate of drug-likeness (QED) is 0.684. The number of β-amino-alcohol motifs (C(OH)–C–C–N with tert-alkyl or cyclic N) is 1. The van der Waals surface area contributed by atoms with Gasteiger partial charge in [-0.2, -0.15) is 0 Å². The SMILES string of the molecule is O=C(CN1CCN(C[C@@H](O)COc2ccccc2)CC1)NCC1CC1. The van der Waals surface area contributed by atoms with Gasteiger partial charge in [-0.25, -0.2) is 0 Å². The van der Waals surface area contributed by atoms with Gasteiger partial charge in [0, 0.05) is 39.3 Å². The van der Waals surface area contributed by atoms with Gasteiger partial charge in [-0.15, -0.1) is 0 Å². The highest BCUT2D eigenvalue weighted by atomic mass is 16.5. The summed E-state index contributed by atoms with van der Waals surface area (Å²) >= 11 is 0. The molecule has 6 nitrogen and oxygen atoms in total. The first-order valence-corrected chi connectivity index (χ1v) is 9.26. The van der Waals surface area contributed by atoms with Crippen LogP contribution in [0.25, 0.3) is 0 Å². The van der Waals surface area contributed by atoms with Crippen LogP contribution in [0.2, 0.25) is 0 Å². The predicted molar refractivity (Wildman–Crippen MR) is 96.6 cm³/mol. The van der Waals surface area contributed by atoms with Crippen LogP contribution in [0.4, 0.5) is 0 Å². The predicted octanol–water partition coefficient (Wildman–Crippen LogP) is 0.570. The smallest absolute Gasteiger partial charge is 0.234 e. The van der Waals surface area contributed by atoms with Gasteiger partial charge in [0.2, 0.25) is 5.91 Å². The maximum absolute atomic E-state index is 11.9. The lowest BCUT2D eigenvalue weighted by Gasteiger charge is -2.35. The third kappa shape index (κ3) is 6.65. The Kier molecular flexibility index (Phi) is 6.67. The molecule has 138 valence electrons. The molecule has 3 rings (SSSR count). The summed E-state index contributed by atoms with van der Waals surface area (Å²) in [5.41, 5.74) is 0. The Labute approximate surface area is 149 Å². The van der Waals surface area contributed by atoms with E-state index >= 15 is 0 Å². The Hall–Kier alpha value is -1.63. The van der Waals surface area contributed by atoms with Crippen LogP contribution >= 0.6 is 0 Å². The number of amides is 1. The summed E-state index contributed by atoms with van der Waals surface area (Å²) < 4.78 is 5.59. The molecular formula is C19H29N3O3. The fourth-order valence-corrected chi connectivity index (χ4v) is 3.03. The summed E-state index contributed by atoms with van der Waals surface area (Å²) in [5.74, 6) is 1.64. The third-order valence-electron chi connectivity index (χ3n) is 4.77. The molecule has 1 aromatic rings. The molecule has 1 amide bonds. The van der Waals surface area contributed by atoms with Crippen molar-refractivity contribution in [2.75, 3.05) is 52.4 Å². The Bertz CT molecular complexity index is 528. The number of aliphatic hydroxyl groups is 1. The van der Waals surface area contributed by atoms with E-state index in [0.29, 0.717) is 19.7 Å². The fraction of sp³-hybridized carbons (Fsp3) is 0.632. The van der Waals surface area contributed by atoms with Crippen LogP contribution in [0.15, 0.2) is 30.3 Å². The van der Waals surface area contributed by atoms with Gasteiger partial charge in [0.05, 0.1) is 6.54 Å². The van der Waals surface area contributed by atoms with E-state index in [2.05, 4.69) is 15.1 Å². The highest BCUT2D eigenvalue weighted by Gasteiger charge is 2.23. The average Bonchev–Trinajstić information content (AvgIpc) is 3.45. The maximum Gasteiger partial charge on any atom is 0.234 e. The molecule has 0 aromatic heterocycles. The van der Waals surface area contributed by atoms with Crippen LogP contribution in [0.5, 0.6) is 5.75 Å². The molecule has 25 heavy (non-hydrogen) atoms. The van der Waals surface area contributed by atoms with Gasteiger partial charge in [-0.05, 0) is 30.9 Å². The van der Waals surface area contributed by atoms with Crippen molar-refractivity contribution in [3.8, 4) is 5.75 Å². The Morgan fingerprint density at radius 2 is 1.84 bits per heavy atom. The first kappa shape index (κ1) is 18.2. The summed E-state index contributed by atoms with van der Waals surface area (Å²) in [6.07, 6.45) is 2.01. The standard InChI is InChI=1S/C19H29N3O3/c23-17(15-25-18-4-2-1-3-5-18)13-21-8-10-22(11-9-21)14-19(24)20-12-16-6-7-16/h1-5,16-17,23H,6-15H2,(H,20,24)/t17-/m1/s1. The third-order valence-corrected chi connectivity index (χ3v) is 4.77. The fourth-order valence-electron chi connectivity index (χ4n) is 3.03. The molecule has 0 unspecified atom stereocenters. The van der Waals surface area contributed by atoms with E-state index in [9.17, 15) is 9.90 Å². The number of hydrogen-bond acceptors (Lipinski definition) is 5. The van der Waals surface area contributed by atoms with Gasteiger partial charge < -0.3 is 15.2 Å². The Balaban J connectivity index is 1.28. The molecule has 1 aliphatic heterocycles. The lowest BCUT2D eigenvalue weighted by atomic mass is 10.2. The molecule has 0 bridgehead atoms. The lowest BCUT2D eigenvalue weighted by Crippen LogP contribution is -2.51. The maximum atomic E-state index is 11.9. The molecule has 2 fully saturated rings. The van der Waals surface area contributed by atoms with Gasteiger partial charge in [0.15, 0.2) is 0 Å². The summed E-state index contributed by atoms with van der Waals surface area (Å²) in [4.78, 5) is 16.3. The molecule has 1 saturated carbocycles. The van der Waals surface area contributed by atoms with Crippen molar-refractivity contribution < 1.29 is 14.6 Å². The van der Waals surface area contributed by atoms with Gasteiger partial charge in [0.1, 0.15) is 18.5 Å². The Morgan fingerprint density at radius 1 is 1.16 bits per heavy atom. The van der Waals surface area contributed by atoms with E-state index in [4.69, 9.17) is 4.74 Å². The minimum Gasteiger partial charge on any atom is -0.491 e. The molecule has 6 heteroatoms. The first-order chi connectivity index (χ1) is 12.2. The zero-order valence-electron chi connectivity index (χ0n) is 14.8. The second-order valence-corrected chi connectivity index (χ2v) is 7.10. The molecule has 1 aromatic carbocycles. The van der Waals surface area contributed by atoms with Crippen molar-refractivity contribution in [3.63, 3.8) is 0 Å². The average molecular weight is 347 g/mol. The molecule has 2 N–H and O–H groups in total. The number of carbonyl (C=O) groups is 1. The number of para-hydroxylation sites is 1. The molecule has 2 aliphatic rings. The number of nitrogens with one attached hydrogen (secondary N) is 1. The van der Waals surface area contributed by atoms with Crippen LogP contribution in [0.3, 0.4) is 0 Å². The second kappa shape index (κ2) is 9.17. The van der Waals surface area contributed by atoms with E-state index in [1.165, 1.54) is 12.8 Å². The van der Waals surface area contributed by atoms with E-state index in [1.807, 2.05) is 30.3 Å². The van der Waals surface area contributed by atoms with Crippen molar-refractivity contribution in [1.82, 2.24) is 15.1 Å². The van der Waals surface area contributed by atoms with E-state index in [-0.39, 0.29) is 5.91 Å². The summed E-state index contributed by atoms with van der Waals surface area (Å²) in [5, 5.41) is 13.2. The number of rotatable bonds is 9. The van der Waals surface area contributed by atoms with Gasteiger partial charge >= 0.3 is 0 Å². The molecule has 1 atom stereocenters. The minimum absolute atomic E-state index is 0.136. The van der Waals surface area contributed by atoms with Crippen molar-refractivity contribution in [2.45, 2.75) is 18.9 Å². The lowest BCUT2D eigenvalue weighted by molar-refractivity contribution is -0.122.